The van der Waals surface area contributed by atoms with E-state index in [9.17, 15) is 24.0 Å². The number of benzene rings is 2. The molecule has 42 heavy (non-hydrogen) atoms. The second-order valence-corrected chi connectivity index (χ2v) is 10.3. The van der Waals surface area contributed by atoms with Crippen molar-refractivity contribution in [3.63, 3.8) is 0 Å². The summed E-state index contributed by atoms with van der Waals surface area (Å²) in [5, 5.41) is 0. The number of carbonyl (C=O) groups excluding carboxylic acids is 5. The van der Waals surface area contributed by atoms with Gasteiger partial charge in [-0.3, -0.25) is 24.0 Å². The maximum Gasteiger partial charge on any atom is 0.303 e. The molecular weight excluding hydrogens is 544 g/mol. The summed E-state index contributed by atoms with van der Waals surface area (Å²) < 4.78 is 27.9. The van der Waals surface area contributed by atoms with Crippen LogP contribution in [0.15, 0.2) is 71.8 Å². The molecular formula is C32H30O10. The summed E-state index contributed by atoms with van der Waals surface area (Å²) in [5.41, 5.74) is 1.81. The summed E-state index contributed by atoms with van der Waals surface area (Å²) in [6.07, 6.45) is -1.02. The summed E-state index contributed by atoms with van der Waals surface area (Å²) in [6, 6.07) is 13.8. The highest BCUT2D eigenvalue weighted by atomic mass is 16.6. The number of carbonyl (C=O) groups is 5. The second kappa shape index (κ2) is 11.7. The normalized spacial score (nSPS) is 26.6. The Hall–Kier alpha value is -4.57. The van der Waals surface area contributed by atoms with E-state index in [0.717, 1.165) is 5.56 Å². The van der Waals surface area contributed by atoms with Gasteiger partial charge in [0.1, 0.15) is 11.9 Å². The van der Waals surface area contributed by atoms with Crippen LogP contribution in [-0.4, -0.2) is 67.6 Å². The molecule has 2 aromatic rings. The van der Waals surface area contributed by atoms with Gasteiger partial charge < -0.3 is 23.7 Å². The number of ether oxygens (including phenoxy) is 5. The summed E-state index contributed by atoms with van der Waals surface area (Å²) in [7, 11) is 1.56. The molecule has 2 aromatic carbocycles. The third-order valence-corrected chi connectivity index (χ3v) is 7.57. The standard InChI is InChI=1S/C32H30O10/c1-16(33)40-25-15-39-30(32(42-18(3)35)31(25)41-17(2)34)24-14-13-21(19-9-11-20(38-4)12-10-19)26-27(24)29(37)23-8-6-5-7-22(23)28(26)36/h5-14,21,24-25,30-32H,15H2,1-4H3/t21?,24?,25-,30+,31+,32+/m1/s1. The van der Waals surface area contributed by atoms with Crippen LogP contribution in [-0.2, 0) is 33.3 Å². The molecule has 6 atom stereocenters. The van der Waals surface area contributed by atoms with Crippen LogP contribution < -0.4 is 4.74 Å². The summed E-state index contributed by atoms with van der Waals surface area (Å²) >= 11 is 0. The predicted molar refractivity (Wildman–Crippen MR) is 147 cm³/mol. The van der Waals surface area contributed by atoms with Gasteiger partial charge in [-0.15, -0.1) is 0 Å². The fourth-order valence-electron chi connectivity index (χ4n) is 5.92. The molecule has 3 aliphatic rings. The molecule has 0 N–H and O–H groups in total. The highest BCUT2D eigenvalue weighted by Crippen LogP contribution is 2.46. The number of allylic oxidation sites excluding steroid dienone is 2. The maximum absolute atomic E-state index is 14.1. The summed E-state index contributed by atoms with van der Waals surface area (Å²) in [4.78, 5) is 64.4. The molecule has 1 aliphatic heterocycles. The van der Waals surface area contributed by atoms with E-state index in [1.54, 1.807) is 49.6 Å². The smallest absolute Gasteiger partial charge is 0.303 e. The van der Waals surface area contributed by atoms with Crippen LogP contribution in [0, 0.1) is 5.92 Å². The number of rotatable bonds is 6. The molecule has 0 radical (unpaired) electrons. The van der Waals surface area contributed by atoms with Crippen molar-refractivity contribution in [2.45, 2.75) is 51.1 Å². The van der Waals surface area contributed by atoms with E-state index in [1.807, 2.05) is 18.2 Å². The highest BCUT2D eigenvalue weighted by Gasteiger charge is 2.52. The van der Waals surface area contributed by atoms with Crippen LogP contribution in [0.25, 0.3) is 0 Å². The summed E-state index contributed by atoms with van der Waals surface area (Å²) in [5.74, 6) is -3.46. The lowest BCUT2D eigenvalue weighted by Crippen LogP contribution is -2.59. The fourth-order valence-corrected chi connectivity index (χ4v) is 5.92. The average molecular weight is 575 g/mol. The molecule has 0 aromatic heterocycles. The molecule has 10 nitrogen and oxygen atoms in total. The van der Waals surface area contributed by atoms with E-state index in [4.69, 9.17) is 23.7 Å². The molecule has 0 spiro atoms. The van der Waals surface area contributed by atoms with Gasteiger partial charge in [0.05, 0.1) is 13.7 Å². The van der Waals surface area contributed by atoms with E-state index in [1.165, 1.54) is 20.8 Å². The van der Waals surface area contributed by atoms with Gasteiger partial charge in [-0.25, -0.2) is 0 Å². The SMILES string of the molecule is COc1ccc(C2C=CC([C@@H]3OC[C@@H](OC(C)=O)[C@H](OC(C)=O)[C@H]3OC(C)=O)C3=C2C(=O)c2ccccc2C3=O)cc1. The van der Waals surface area contributed by atoms with Gasteiger partial charge in [-0.05, 0) is 17.7 Å². The fraction of sp³-hybridized carbons (Fsp3) is 0.344. The lowest BCUT2D eigenvalue weighted by atomic mass is 9.67. The first-order chi connectivity index (χ1) is 20.1. The Morgan fingerprint density at radius 1 is 0.738 bits per heavy atom. The van der Waals surface area contributed by atoms with Crippen molar-refractivity contribution in [3.8, 4) is 5.75 Å². The van der Waals surface area contributed by atoms with E-state index >= 15 is 0 Å². The number of hydrogen-bond donors (Lipinski definition) is 0. The molecule has 218 valence electrons. The Morgan fingerprint density at radius 2 is 1.31 bits per heavy atom. The molecule has 0 saturated carbocycles. The quantitative estimate of drug-likeness (QED) is 0.287. The zero-order chi connectivity index (χ0) is 30.1. The monoisotopic (exact) mass is 574 g/mol. The van der Waals surface area contributed by atoms with Gasteiger partial charge >= 0.3 is 17.9 Å². The topological polar surface area (TPSA) is 132 Å². The Morgan fingerprint density at radius 3 is 1.88 bits per heavy atom. The third-order valence-electron chi connectivity index (χ3n) is 7.57. The number of hydrogen-bond acceptors (Lipinski definition) is 10. The van der Waals surface area contributed by atoms with E-state index in [0.29, 0.717) is 11.3 Å². The lowest BCUT2D eigenvalue weighted by molar-refractivity contribution is -0.229. The molecule has 2 unspecified atom stereocenters. The van der Waals surface area contributed by atoms with Gasteiger partial charge in [0.2, 0.25) is 0 Å². The Bertz CT molecular complexity index is 1500. The van der Waals surface area contributed by atoms with Crippen LogP contribution in [0.3, 0.4) is 0 Å². The number of fused-ring (bicyclic) bond motifs is 1. The van der Waals surface area contributed by atoms with Gasteiger partial charge in [-0.2, -0.15) is 0 Å². The Labute approximate surface area is 242 Å². The molecule has 0 amide bonds. The first kappa shape index (κ1) is 28.9. The third kappa shape index (κ3) is 5.37. The number of esters is 3. The molecule has 2 aliphatic carbocycles. The lowest BCUT2D eigenvalue weighted by Gasteiger charge is -2.44. The van der Waals surface area contributed by atoms with Gasteiger partial charge in [0, 0.05) is 54.9 Å². The first-order valence-corrected chi connectivity index (χ1v) is 13.5. The van der Waals surface area contributed by atoms with Crippen molar-refractivity contribution in [2.24, 2.45) is 5.92 Å². The van der Waals surface area contributed by atoms with E-state index in [-0.39, 0.29) is 34.9 Å². The minimum absolute atomic E-state index is 0.201. The number of ketones is 2. The molecule has 1 saturated heterocycles. The molecule has 10 heteroatoms. The molecule has 1 heterocycles. The van der Waals surface area contributed by atoms with Gasteiger partial charge in [-0.1, -0.05) is 48.6 Å². The Kier molecular flexibility index (Phi) is 8.08. The Balaban J connectivity index is 1.64. The molecule has 5 rings (SSSR count). The minimum atomic E-state index is -1.26. The number of methoxy groups -OCH3 is 1. The van der Waals surface area contributed by atoms with Crippen molar-refractivity contribution in [1.82, 2.24) is 0 Å². The van der Waals surface area contributed by atoms with E-state index < -0.39 is 54.2 Å². The molecule has 1 fully saturated rings. The minimum Gasteiger partial charge on any atom is -0.497 e. The maximum atomic E-state index is 14.1. The van der Waals surface area contributed by atoms with Gasteiger partial charge in [0.15, 0.2) is 29.9 Å². The zero-order valence-electron chi connectivity index (χ0n) is 23.5. The zero-order valence-corrected chi connectivity index (χ0v) is 23.5. The van der Waals surface area contributed by atoms with Crippen molar-refractivity contribution < 1.29 is 47.7 Å². The first-order valence-electron chi connectivity index (χ1n) is 13.5. The van der Waals surface area contributed by atoms with Crippen molar-refractivity contribution in [3.05, 3.63) is 88.5 Å². The average Bonchev–Trinajstić information content (AvgIpc) is 2.96. The predicted octanol–water partition coefficient (Wildman–Crippen LogP) is 3.53. The highest BCUT2D eigenvalue weighted by molar-refractivity contribution is 6.28. The molecule has 0 bridgehead atoms. The van der Waals surface area contributed by atoms with E-state index in [2.05, 4.69) is 0 Å². The van der Waals surface area contributed by atoms with Gasteiger partial charge in [0.25, 0.3) is 0 Å². The van der Waals surface area contributed by atoms with Crippen LogP contribution in [0.2, 0.25) is 0 Å². The largest absolute Gasteiger partial charge is 0.497 e. The van der Waals surface area contributed by atoms with Crippen LogP contribution in [0.1, 0.15) is 53.0 Å². The van der Waals surface area contributed by atoms with Crippen molar-refractivity contribution in [1.29, 1.82) is 0 Å². The van der Waals surface area contributed by atoms with Crippen molar-refractivity contribution in [2.75, 3.05) is 13.7 Å². The summed E-state index contributed by atoms with van der Waals surface area (Å²) in [6.45, 7) is 3.36. The van der Waals surface area contributed by atoms with Crippen molar-refractivity contribution >= 4 is 29.5 Å². The van der Waals surface area contributed by atoms with Crippen LogP contribution in [0.4, 0.5) is 0 Å². The second-order valence-electron chi connectivity index (χ2n) is 10.3. The van der Waals surface area contributed by atoms with Crippen LogP contribution in [0.5, 0.6) is 5.75 Å². The van der Waals surface area contributed by atoms with Crippen LogP contribution >= 0.6 is 0 Å². The number of Topliss-reactive ketones (excluding diaryl/α,β-unsaturated/α-hetero) is 2.